The summed E-state index contributed by atoms with van der Waals surface area (Å²) in [6.07, 6.45) is 7.26. The molecule has 1 aliphatic rings. The van der Waals surface area contributed by atoms with Gasteiger partial charge in [0.05, 0.1) is 23.6 Å². The Morgan fingerprint density at radius 1 is 1.14 bits per heavy atom. The Bertz CT molecular complexity index is 984. The smallest absolute Gasteiger partial charge is 0.227 e. The van der Waals surface area contributed by atoms with Crippen molar-refractivity contribution in [3.63, 3.8) is 0 Å². The molecule has 29 heavy (non-hydrogen) atoms. The van der Waals surface area contributed by atoms with Crippen LogP contribution in [0.15, 0.2) is 30.9 Å². The first-order valence-electron chi connectivity index (χ1n) is 10.2. The molecule has 1 saturated heterocycles. The highest BCUT2D eigenvalue weighted by molar-refractivity contribution is 5.78. The van der Waals surface area contributed by atoms with Crippen LogP contribution in [0.1, 0.15) is 46.6 Å². The number of rotatable bonds is 5. The maximum Gasteiger partial charge on any atom is 0.227 e. The predicted molar refractivity (Wildman–Crippen MR) is 114 cm³/mol. The van der Waals surface area contributed by atoms with Crippen LogP contribution < -0.4 is 10.2 Å². The van der Waals surface area contributed by atoms with Crippen LogP contribution in [0, 0.1) is 5.92 Å². The molecule has 0 aliphatic carbocycles. The van der Waals surface area contributed by atoms with Crippen LogP contribution in [-0.4, -0.2) is 48.3 Å². The molecule has 4 heterocycles. The summed E-state index contributed by atoms with van der Waals surface area (Å²) in [6.45, 7) is 9.73. The lowest BCUT2D eigenvalue weighted by Crippen LogP contribution is -2.42. The van der Waals surface area contributed by atoms with E-state index in [0.717, 1.165) is 42.8 Å². The molecular weight excluding hydrogens is 366 g/mol. The zero-order chi connectivity index (χ0) is 20.6. The Labute approximate surface area is 171 Å². The Morgan fingerprint density at radius 3 is 2.59 bits per heavy atom. The fourth-order valence-electron chi connectivity index (χ4n) is 3.90. The molecule has 2 N–H and O–H groups in total. The molecule has 8 heteroatoms. The molecule has 0 atom stereocenters. The fourth-order valence-corrected chi connectivity index (χ4v) is 3.90. The van der Waals surface area contributed by atoms with Gasteiger partial charge in [-0.2, -0.15) is 4.98 Å². The molecule has 0 radical (unpaired) electrons. The van der Waals surface area contributed by atoms with E-state index >= 15 is 0 Å². The quantitative estimate of drug-likeness (QED) is 0.683. The Hall–Kier alpha value is -2.74. The molecule has 0 spiro atoms. The van der Waals surface area contributed by atoms with Gasteiger partial charge >= 0.3 is 0 Å². The Balaban J connectivity index is 1.50. The van der Waals surface area contributed by atoms with Gasteiger partial charge in [0.1, 0.15) is 17.2 Å². The van der Waals surface area contributed by atoms with Crippen molar-refractivity contribution in [3.8, 4) is 0 Å². The third-order valence-electron chi connectivity index (χ3n) is 5.69. The lowest BCUT2D eigenvalue weighted by atomic mass is 9.83. The molecule has 154 valence electrons. The topological polar surface area (TPSA) is 92.0 Å². The van der Waals surface area contributed by atoms with E-state index in [1.165, 1.54) is 0 Å². The minimum Gasteiger partial charge on any atom is -0.390 e. The summed E-state index contributed by atoms with van der Waals surface area (Å²) in [6, 6.07) is 4.17. The largest absolute Gasteiger partial charge is 0.390 e. The Morgan fingerprint density at radius 2 is 1.90 bits per heavy atom. The van der Waals surface area contributed by atoms with Gasteiger partial charge in [0, 0.05) is 31.4 Å². The van der Waals surface area contributed by atoms with Crippen molar-refractivity contribution >= 4 is 28.6 Å². The van der Waals surface area contributed by atoms with E-state index < -0.39 is 5.60 Å². The molecule has 0 aromatic carbocycles. The van der Waals surface area contributed by atoms with Crippen molar-refractivity contribution in [1.82, 2.24) is 24.5 Å². The fraction of sp³-hybridized carbons (Fsp3) is 0.524. The number of piperidine rings is 1. The van der Waals surface area contributed by atoms with Crippen LogP contribution in [0.3, 0.4) is 0 Å². The second kappa shape index (κ2) is 7.59. The summed E-state index contributed by atoms with van der Waals surface area (Å²) >= 11 is 0. The van der Waals surface area contributed by atoms with Gasteiger partial charge in [-0.3, -0.25) is 0 Å². The van der Waals surface area contributed by atoms with Gasteiger partial charge in [-0.1, -0.05) is 0 Å². The van der Waals surface area contributed by atoms with Crippen molar-refractivity contribution in [2.24, 2.45) is 5.92 Å². The average molecular weight is 396 g/mol. The highest BCUT2D eigenvalue weighted by atomic mass is 16.3. The van der Waals surface area contributed by atoms with Crippen molar-refractivity contribution in [1.29, 1.82) is 0 Å². The Kier molecular flexibility index (Phi) is 5.12. The SMILES string of the molecule is CC(C)n1cnc2cnc(Nc3ccnc(N4CCC(C(C)(C)O)CC4)n3)cc21. The van der Waals surface area contributed by atoms with E-state index in [9.17, 15) is 5.11 Å². The first kappa shape index (κ1) is 19.6. The lowest BCUT2D eigenvalue weighted by molar-refractivity contribution is 0.00640. The van der Waals surface area contributed by atoms with Gasteiger partial charge in [-0.25, -0.2) is 15.0 Å². The van der Waals surface area contributed by atoms with Crippen molar-refractivity contribution in [3.05, 3.63) is 30.9 Å². The molecule has 0 bridgehead atoms. The van der Waals surface area contributed by atoms with Crippen molar-refractivity contribution < 1.29 is 5.11 Å². The van der Waals surface area contributed by atoms with Gasteiger partial charge in [-0.15, -0.1) is 0 Å². The number of aliphatic hydroxyl groups is 1. The summed E-state index contributed by atoms with van der Waals surface area (Å²) in [5.74, 6) is 2.45. The lowest BCUT2D eigenvalue weighted by Gasteiger charge is -2.37. The van der Waals surface area contributed by atoms with Gasteiger partial charge in [0.25, 0.3) is 0 Å². The summed E-state index contributed by atoms with van der Waals surface area (Å²) in [5, 5.41) is 13.5. The number of hydrogen-bond acceptors (Lipinski definition) is 7. The van der Waals surface area contributed by atoms with E-state index in [0.29, 0.717) is 23.7 Å². The number of nitrogens with one attached hydrogen (secondary N) is 1. The van der Waals surface area contributed by atoms with E-state index in [1.807, 2.05) is 32.3 Å². The van der Waals surface area contributed by atoms with Crippen LogP contribution in [0.4, 0.5) is 17.6 Å². The zero-order valence-electron chi connectivity index (χ0n) is 17.5. The third kappa shape index (κ3) is 4.17. The number of fused-ring (bicyclic) bond motifs is 1. The predicted octanol–water partition coefficient (Wildman–Crippen LogP) is 3.53. The molecule has 4 rings (SSSR count). The number of pyridine rings is 1. The summed E-state index contributed by atoms with van der Waals surface area (Å²) in [5.41, 5.74) is 1.28. The average Bonchev–Trinajstić information content (AvgIpc) is 3.11. The van der Waals surface area contributed by atoms with Gasteiger partial charge in [-0.05, 0) is 52.5 Å². The number of anilines is 3. The highest BCUT2D eigenvalue weighted by Crippen LogP contribution is 2.29. The van der Waals surface area contributed by atoms with Crippen molar-refractivity contribution in [2.75, 3.05) is 23.3 Å². The van der Waals surface area contributed by atoms with Crippen LogP contribution in [-0.2, 0) is 0 Å². The maximum atomic E-state index is 10.2. The van der Waals surface area contributed by atoms with Gasteiger partial charge in [0.2, 0.25) is 5.95 Å². The van der Waals surface area contributed by atoms with E-state index in [-0.39, 0.29) is 0 Å². The summed E-state index contributed by atoms with van der Waals surface area (Å²) in [7, 11) is 0. The second-order valence-electron chi connectivity index (χ2n) is 8.59. The molecule has 3 aromatic rings. The summed E-state index contributed by atoms with van der Waals surface area (Å²) in [4.78, 5) is 20.2. The number of imidazole rings is 1. The summed E-state index contributed by atoms with van der Waals surface area (Å²) < 4.78 is 2.13. The van der Waals surface area contributed by atoms with Crippen LogP contribution >= 0.6 is 0 Å². The van der Waals surface area contributed by atoms with E-state index in [4.69, 9.17) is 0 Å². The van der Waals surface area contributed by atoms with Gasteiger partial charge in [0.15, 0.2) is 0 Å². The molecule has 8 nitrogen and oxygen atoms in total. The van der Waals surface area contributed by atoms with Crippen LogP contribution in [0.5, 0.6) is 0 Å². The molecule has 0 amide bonds. The van der Waals surface area contributed by atoms with E-state index in [1.54, 1.807) is 12.4 Å². The molecule has 0 unspecified atom stereocenters. The number of nitrogens with zero attached hydrogens (tertiary/aromatic N) is 6. The molecule has 1 aliphatic heterocycles. The maximum absolute atomic E-state index is 10.2. The van der Waals surface area contributed by atoms with Crippen molar-refractivity contribution in [2.45, 2.75) is 52.2 Å². The second-order valence-corrected chi connectivity index (χ2v) is 8.59. The van der Waals surface area contributed by atoms with E-state index in [2.05, 4.69) is 48.6 Å². The first-order valence-corrected chi connectivity index (χ1v) is 10.2. The zero-order valence-corrected chi connectivity index (χ0v) is 17.5. The molecule has 1 fully saturated rings. The molecule has 3 aromatic heterocycles. The normalized spacial score (nSPS) is 16.0. The monoisotopic (exact) mass is 395 g/mol. The molecular formula is C21H29N7O. The minimum absolute atomic E-state index is 0.307. The number of hydrogen-bond donors (Lipinski definition) is 2. The van der Waals surface area contributed by atoms with Crippen LogP contribution in [0.25, 0.3) is 11.0 Å². The highest BCUT2D eigenvalue weighted by Gasteiger charge is 2.31. The third-order valence-corrected chi connectivity index (χ3v) is 5.69. The van der Waals surface area contributed by atoms with Crippen LogP contribution in [0.2, 0.25) is 0 Å². The first-order chi connectivity index (χ1) is 13.8. The standard InChI is InChI=1S/C21H29N7O/c1-14(2)28-13-24-16-12-23-19(11-17(16)28)25-18-5-8-22-20(26-18)27-9-6-15(7-10-27)21(3,4)29/h5,8,11-15,29H,6-7,9-10H2,1-4H3,(H,22,23,25,26). The molecule has 0 saturated carbocycles. The minimum atomic E-state index is -0.636. The number of aromatic nitrogens is 5. The van der Waals surface area contributed by atoms with Gasteiger partial charge < -0.3 is 19.9 Å².